The number of fused-ring (bicyclic) bond motifs is 2. The highest BCUT2D eigenvalue weighted by atomic mass is 19.1. The third kappa shape index (κ3) is 5.90. The summed E-state index contributed by atoms with van der Waals surface area (Å²) >= 11 is 0. The number of benzene rings is 3. The van der Waals surface area contributed by atoms with E-state index in [9.17, 15) is 23.6 Å². The number of hydrogen-bond donors (Lipinski definition) is 3. The number of carboxylic acids is 1. The normalized spacial score (nSPS) is 12.3. The molecule has 9 nitrogen and oxygen atoms in total. The van der Waals surface area contributed by atoms with Crippen LogP contribution in [0, 0.1) is 11.6 Å². The molecule has 0 radical (unpaired) electrons. The molecule has 42 heavy (non-hydrogen) atoms. The molecule has 0 aliphatic carbocycles. The van der Waals surface area contributed by atoms with Crippen LogP contribution >= 0.6 is 0 Å². The first-order valence-corrected chi connectivity index (χ1v) is 13.5. The third-order valence-electron chi connectivity index (χ3n) is 7.21. The lowest BCUT2D eigenvalue weighted by atomic mass is 9.84. The van der Waals surface area contributed by atoms with Crippen molar-refractivity contribution in [2.45, 2.75) is 51.4 Å². The molecule has 3 N–H and O–H groups in total. The summed E-state index contributed by atoms with van der Waals surface area (Å²) in [6, 6.07) is 14.8. The van der Waals surface area contributed by atoms with Crippen LogP contribution in [0.25, 0.3) is 27.6 Å². The van der Waals surface area contributed by atoms with Crippen LogP contribution in [0.2, 0.25) is 0 Å². The number of aryl methyl sites for hydroxylation is 1. The van der Waals surface area contributed by atoms with E-state index in [1.54, 1.807) is 24.3 Å². The first kappa shape index (κ1) is 28.6. The maximum atomic E-state index is 13.7. The summed E-state index contributed by atoms with van der Waals surface area (Å²) in [6.07, 6.45) is 1.44. The van der Waals surface area contributed by atoms with Crippen molar-refractivity contribution in [2.24, 2.45) is 5.16 Å². The van der Waals surface area contributed by atoms with E-state index in [0.29, 0.717) is 69.8 Å². The highest BCUT2D eigenvalue weighted by Crippen LogP contribution is 2.29. The molecule has 0 aliphatic heterocycles. The summed E-state index contributed by atoms with van der Waals surface area (Å²) in [5.74, 6) is -0.734. The van der Waals surface area contributed by atoms with E-state index in [-0.39, 0.29) is 24.2 Å². The fourth-order valence-electron chi connectivity index (χ4n) is 4.99. The molecular formula is C31H29F2N5O4. The quantitative estimate of drug-likeness (QED) is 0.0827. The van der Waals surface area contributed by atoms with Crippen LogP contribution in [-0.4, -0.2) is 41.5 Å². The van der Waals surface area contributed by atoms with Gasteiger partial charge < -0.3 is 15.3 Å². The zero-order valence-electron chi connectivity index (χ0n) is 23.1. The van der Waals surface area contributed by atoms with Gasteiger partial charge in [0.1, 0.15) is 23.3 Å². The third-order valence-corrected chi connectivity index (χ3v) is 7.21. The van der Waals surface area contributed by atoms with Crippen LogP contribution in [0.3, 0.4) is 0 Å². The SMILES string of the molecule is CC(C)(C/C(=N\O)c1ccc2c(=O)n(-c3ccc(F)cc3)c(CCCCC(=O)O)nc2c1)c1nc2ccc(F)cc2[nH]1. The number of imidazole rings is 1. The fourth-order valence-corrected chi connectivity index (χ4v) is 4.99. The standard InChI is InChI=1S/C31H29F2N5O4/c1-31(2,30-35-23-14-10-20(33)16-25(23)36-30)17-26(37-42)18-7-13-22-24(15-18)34-27(5-3-4-6-28(39)40)38(29(22)41)21-11-8-19(32)9-12-21/h7-16,42H,3-6,17H2,1-2H3,(H,35,36)(H,39,40)/b37-26+. The van der Waals surface area contributed by atoms with Gasteiger partial charge in [0.15, 0.2) is 0 Å². The van der Waals surface area contributed by atoms with Gasteiger partial charge in [0.2, 0.25) is 0 Å². The van der Waals surface area contributed by atoms with Crippen molar-refractivity contribution in [3.63, 3.8) is 0 Å². The van der Waals surface area contributed by atoms with Crippen LogP contribution in [0.15, 0.2) is 70.6 Å². The molecule has 0 aliphatic rings. The van der Waals surface area contributed by atoms with E-state index in [1.165, 1.54) is 41.0 Å². The Balaban J connectivity index is 1.51. The first-order valence-electron chi connectivity index (χ1n) is 13.5. The lowest BCUT2D eigenvalue weighted by Gasteiger charge is -2.22. The number of aliphatic carboxylic acids is 1. The molecule has 3 aromatic carbocycles. The Morgan fingerprint density at radius 3 is 2.43 bits per heavy atom. The Morgan fingerprint density at radius 1 is 0.976 bits per heavy atom. The van der Waals surface area contributed by atoms with Gasteiger partial charge in [-0.2, -0.15) is 0 Å². The summed E-state index contributed by atoms with van der Waals surface area (Å²) in [5, 5.41) is 22.9. The zero-order chi connectivity index (χ0) is 30.0. The van der Waals surface area contributed by atoms with Gasteiger partial charge in [0.05, 0.1) is 33.3 Å². The van der Waals surface area contributed by atoms with E-state index in [4.69, 9.17) is 10.1 Å². The van der Waals surface area contributed by atoms with Gasteiger partial charge in [0, 0.05) is 30.2 Å². The molecule has 2 aromatic heterocycles. The van der Waals surface area contributed by atoms with Gasteiger partial charge in [-0.25, -0.2) is 18.7 Å². The first-order chi connectivity index (χ1) is 20.1. The summed E-state index contributed by atoms with van der Waals surface area (Å²) in [4.78, 5) is 37.1. The summed E-state index contributed by atoms with van der Waals surface area (Å²) < 4.78 is 28.7. The van der Waals surface area contributed by atoms with Crippen molar-refractivity contribution < 1.29 is 23.9 Å². The molecule has 5 aromatic rings. The number of carbonyl (C=O) groups is 1. The minimum absolute atomic E-state index is 0.00914. The predicted octanol–water partition coefficient (Wildman–Crippen LogP) is 5.88. The average Bonchev–Trinajstić information content (AvgIpc) is 3.39. The number of oxime groups is 1. The second-order valence-corrected chi connectivity index (χ2v) is 10.8. The molecule has 0 amide bonds. The van der Waals surface area contributed by atoms with Gasteiger partial charge in [-0.3, -0.25) is 14.2 Å². The lowest BCUT2D eigenvalue weighted by Crippen LogP contribution is -2.25. The Kier molecular flexibility index (Phi) is 7.84. The molecule has 5 rings (SSSR count). The smallest absolute Gasteiger partial charge is 0.303 e. The van der Waals surface area contributed by atoms with E-state index in [0.717, 1.165) is 0 Å². The molecule has 0 atom stereocenters. The molecule has 2 heterocycles. The highest BCUT2D eigenvalue weighted by molar-refractivity contribution is 6.03. The van der Waals surface area contributed by atoms with Gasteiger partial charge in [-0.15, -0.1) is 0 Å². The Morgan fingerprint density at radius 2 is 1.71 bits per heavy atom. The summed E-state index contributed by atoms with van der Waals surface area (Å²) in [5.41, 5.74) is 1.88. The van der Waals surface area contributed by atoms with E-state index >= 15 is 0 Å². The predicted molar refractivity (Wildman–Crippen MR) is 155 cm³/mol. The van der Waals surface area contributed by atoms with Gasteiger partial charge >= 0.3 is 5.97 Å². The van der Waals surface area contributed by atoms with Crippen LogP contribution in [0.1, 0.15) is 56.7 Å². The number of unbranched alkanes of at least 4 members (excludes halogenated alkanes) is 1. The number of halogens is 2. The van der Waals surface area contributed by atoms with Crippen molar-refractivity contribution in [1.29, 1.82) is 0 Å². The number of aromatic amines is 1. The Hall–Kier alpha value is -4.93. The molecule has 0 unspecified atom stereocenters. The van der Waals surface area contributed by atoms with Crippen LogP contribution in [0.5, 0.6) is 0 Å². The zero-order valence-corrected chi connectivity index (χ0v) is 23.1. The van der Waals surface area contributed by atoms with Crippen LogP contribution < -0.4 is 5.56 Å². The molecule has 0 saturated carbocycles. The van der Waals surface area contributed by atoms with Crippen molar-refractivity contribution in [3.05, 3.63) is 99.9 Å². The maximum absolute atomic E-state index is 13.7. The molecule has 216 valence electrons. The Bertz CT molecular complexity index is 1880. The largest absolute Gasteiger partial charge is 0.481 e. The van der Waals surface area contributed by atoms with Crippen molar-refractivity contribution in [3.8, 4) is 5.69 Å². The number of hydrogen-bond acceptors (Lipinski definition) is 6. The Labute approximate surface area is 239 Å². The topological polar surface area (TPSA) is 133 Å². The van der Waals surface area contributed by atoms with Gasteiger partial charge in [0.25, 0.3) is 5.56 Å². The van der Waals surface area contributed by atoms with E-state index in [1.807, 2.05) is 13.8 Å². The number of nitrogens with one attached hydrogen (secondary N) is 1. The molecule has 0 fully saturated rings. The van der Waals surface area contributed by atoms with E-state index < -0.39 is 17.2 Å². The number of nitrogens with zero attached hydrogens (tertiary/aromatic N) is 4. The van der Waals surface area contributed by atoms with E-state index in [2.05, 4.69) is 15.1 Å². The molecule has 0 spiro atoms. The maximum Gasteiger partial charge on any atom is 0.303 e. The molecular weight excluding hydrogens is 544 g/mol. The second-order valence-electron chi connectivity index (χ2n) is 10.8. The summed E-state index contributed by atoms with van der Waals surface area (Å²) in [6.45, 7) is 3.84. The molecule has 0 saturated heterocycles. The summed E-state index contributed by atoms with van der Waals surface area (Å²) in [7, 11) is 0. The minimum atomic E-state index is -0.907. The average molecular weight is 574 g/mol. The molecule has 11 heteroatoms. The number of carboxylic acid groups (broad SMARTS) is 1. The lowest BCUT2D eigenvalue weighted by molar-refractivity contribution is -0.137. The highest BCUT2D eigenvalue weighted by Gasteiger charge is 2.28. The fraction of sp³-hybridized carbons (Fsp3) is 0.258. The van der Waals surface area contributed by atoms with Crippen LogP contribution in [-0.2, 0) is 16.6 Å². The van der Waals surface area contributed by atoms with Crippen molar-refractivity contribution in [2.75, 3.05) is 0 Å². The number of H-pyrrole nitrogens is 1. The van der Waals surface area contributed by atoms with Gasteiger partial charge in [-0.1, -0.05) is 25.1 Å². The number of aromatic nitrogens is 4. The van der Waals surface area contributed by atoms with Crippen molar-refractivity contribution >= 4 is 33.6 Å². The second kappa shape index (κ2) is 11.5. The minimum Gasteiger partial charge on any atom is -0.481 e. The number of rotatable bonds is 10. The van der Waals surface area contributed by atoms with Crippen LogP contribution in [0.4, 0.5) is 8.78 Å². The molecule has 0 bridgehead atoms. The van der Waals surface area contributed by atoms with Gasteiger partial charge in [-0.05, 0) is 67.4 Å². The van der Waals surface area contributed by atoms with Crippen molar-refractivity contribution in [1.82, 2.24) is 19.5 Å². The monoisotopic (exact) mass is 573 g/mol.